The van der Waals surface area contributed by atoms with Gasteiger partial charge < -0.3 is 54.3 Å². The van der Waals surface area contributed by atoms with Gasteiger partial charge in [0.2, 0.25) is 40.1 Å². The molecule has 88 heavy (non-hydrogen) atoms. The molecule has 0 radical (unpaired) electrons. The number of ketones is 1. The Balaban J connectivity index is 0.00000440. The number of fused-ring (bicyclic) bond motifs is 1. The number of rotatable bonds is 18. The summed E-state index contributed by atoms with van der Waals surface area (Å²) in [5, 5.41) is 20.2. The van der Waals surface area contributed by atoms with Gasteiger partial charge in [0, 0.05) is 22.7 Å². The molecule has 0 aliphatic heterocycles. The van der Waals surface area contributed by atoms with Gasteiger partial charge in [-0.15, -0.1) is 10.2 Å². The normalized spacial score (nSPS) is 12.9. The zero-order chi connectivity index (χ0) is 60.1. The number of Topliss-reactive ketones (excluding diaryl/α,β-unsaturated/α-hetero) is 1. The molecule has 2 heterocycles. The summed E-state index contributed by atoms with van der Waals surface area (Å²) in [6, 6.07) is 14.1. The number of aromatic nitrogens is 6. The van der Waals surface area contributed by atoms with Crippen LogP contribution in [0.1, 0.15) is 15.9 Å². The smallest absolute Gasteiger partial charge is 0.744 e. The minimum absolute atomic E-state index is 0. The molecule has 0 fully saturated rings. The van der Waals surface area contributed by atoms with Gasteiger partial charge >= 0.3 is 177 Å². The van der Waals surface area contributed by atoms with Crippen molar-refractivity contribution in [2.24, 2.45) is 15.3 Å². The summed E-state index contributed by atoms with van der Waals surface area (Å²) < 4.78 is 219. The van der Waals surface area contributed by atoms with Gasteiger partial charge in [0.1, 0.15) is 77.8 Å². The SMILES string of the molecule is Nc1c(N=Nc2ccc(Nc3nc(Cl)nc(Nc4ccc(S(=O)(=O)[O-])cc4)n3)cc2S(=O)(=O)[O-])c(S(=O)(=O)[O-])cc2c1C(=O)C(=NNc1ccc(Nc3nc(Cl)nc(Nc4ccc(S(=O)(=O)[O-])cc4)n3)cc1S(=O)(=O)[O-])C(S(=O)(=O)[O-])=C2.[Na+].[Na+].[Na+].[Na+].[Na+].[Na+]. The molecule has 1 aliphatic carbocycles. The molecule has 0 spiro atoms. The number of nitrogens with two attached hydrogens (primary N) is 1. The molecular weight excluding hydrogens is 1400 g/mol. The van der Waals surface area contributed by atoms with E-state index in [1.807, 2.05) is 5.43 Å². The van der Waals surface area contributed by atoms with Gasteiger partial charge in [-0.25, -0.2) is 50.5 Å². The van der Waals surface area contributed by atoms with Gasteiger partial charge in [-0.2, -0.15) is 35.0 Å². The number of hydrogen-bond donors (Lipinski definition) is 6. The number of anilines is 10. The summed E-state index contributed by atoms with van der Waals surface area (Å²) in [5.74, 6) is -3.01. The van der Waals surface area contributed by atoms with Crippen LogP contribution in [0.4, 0.5) is 69.3 Å². The fourth-order valence-corrected chi connectivity index (χ4v) is 10.8. The third-order valence-corrected chi connectivity index (χ3v) is 15.9. The van der Waals surface area contributed by atoms with E-state index in [0.717, 1.165) is 48.5 Å². The first-order chi connectivity index (χ1) is 38.0. The molecule has 7 aromatic rings. The van der Waals surface area contributed by atoms with Crippen molar-refractivity contribution in [3.63, 3.8) is 0 Å². The first-order valence-corrected chi connectivity index (χ1v) is 30.4. The molecule has 0 saturated heterocycles. The summed E-state index contributed by atoms with van der Waals surface area (Å²) >= 11 is 12.0. The summed E-state index contributed by atoms with van der Waals surface area (Å²) in [6.45, 7) is 0. The van der Waals surface area contributed by atoms with Crippen molar-refractivity contribution >= 4 is 171 Å². The topological polar surface area (TPSA) is 561 Å². The van der Waals surface area contributed by atoms with Crippen LogP contribution >= 0.6 is 23.2 Å². The zero-order valence-corrected chi connectivity index (χ0v) is 63.7. The van der Waals surface area contributed by atoms with E-state index in [2.05, 4.69) is 66.5 Å². The van der Waals surface area contributed by atoms with Crippen molar-refractivity contribution < 1.29 is 260 Å². The second kappa shape index (κ2) is 32.2. The number of allylic oxidation sites excluding steroid dienone is 1. The Morgan fingerprint density at radius 3 is 1.23 bits per heavy atom. The van der Waals surface area contributed by atoms with E-state index in [1.54, 1.807) is 0 Å². The number of benzene rings is 5. The van der Waals surface area contributed by atoms with Crippen LogP contribution < -0.4 is 210 Å². The summed E-state index contributed by atoms with van der Waals surface area (Å²) in [7, 11) is -32.3. The third-order valence-electron chi connectivity index (χ3n) is 10.4. The van der Waals surface area contributed by atoms with Gasteiger partial charge in [0.15, 0.2) is 0 Å². The zero-order valence-electron chi connectivity index (χ0n) is 45.3. The van der Waals surface area contributed by atoms with Crippen LogP contribution in [0.3, 0.4) is 0 Å². The quantitative estimate of drug-likeness (QED) is 0.0153. The van der Waals surface area contributed by atoms with Crippen molar-refractivity contribution in [1.29, 1.82) is 0 Å². The fraction of sp³-hybridized carbons (Fsp3) is 0. The van der Waals surface area contributed by atoms with Crippen LogP contribution in [0.2, 0.25) is 10.6 Å². The van der Waals surface area contributed by atoms with Gasteiger partial charge in [0.05, 0.1) is 46.3 Å². The van der Waals surface area contributed by atoms with Gasteiger partial charge in [0.25, 0.3) is 0 Å². The van der Waals surface area contributed by atoms with Crippen molar-refractivity contribution in [2.45, 2.75) is 24.5 Å². The molecule has 428 valence electrons. The Bertz CT molecular complexity index is 4690. The van der Waals surface area contributed by atoms with Crippen molar-refractivity contribution in [1.82, 2.24) is 29.9 Å². The Morgan fingerprint density at radius 1 is 0.443 bits per heavy atom. The van der Waals surface area contributed by atoms with E-state index in [4.69, 9.17) is 28.9 Å². The molecule has 7 N–H and O–H groups in total. The number of carbonyl (C=O) groups is 1. The Morgan fingerprint density at radius 2 is 0.830 bits per heavy atom. The molecule has 0 bridgehead atoms. The van der Waals surface area contributed by atoms with Crippen molar-refractivity contribution in [2.75, 3.05) is 32.4 Å². The molecular formula is C40H23Cl2N15Na6O19S6. The Kier molecular flexibility index (Phi) is 29.9. The van der Waals surface area contributed by atoms with E-state index >= 15 is 0 Å². The van der Waals surface area contributed by atoms with Crippen LogP contribution in [-0.2, 0) is 60.7 Å². The molecule has 0 saturated carbocycles. The molecule has 1 aliphatic rings. The summed E-state index contributed by atoms with van der Waals surface area (Å²) in [6.07, 6.45) is 0.354. The van der Waals surface area contributed by atoms with E-state index in [1.165, 1.54) is 24.3 Å². The first kappa shape index (κ1) is 81.7. The van der Waals surface area contributed by atoms with Crippen LogP contribution in [0.25, 0.3) is 6.08 Å². The number of nitrogen functional groups attached to an aromatic ring is 1. The summed E-state index contributed by atoms with van der Waals surface area (Å²) in [5.41, 5.74) is 0.870. The number of carbonyl (C=O) groups excluding carboxylic acids is 1. The molecule has 48 heteroatoms. The second-order valence-corrected chi connectivity index (χ2v) is 24.7. The molecule has 0 unspecified atom stereocenters. The predicted octanol–water partition coefficient (Wildman–Crippen LogP) is -14.6. The third kappa shape index (κ3) is 20.8. The monoisotopic (exact) mass is 1420 g/mol. The molecule has 8 rings (SSSR count). The van der Waals surface area contributed by atoms with Crippen LogP contribution in [0, 0.1) is 0 Å². The molecule has 0 amide bonds. The van der Waals surface area contributed by atoms with Crippen LogP contribution in [0.5, 0.6) is 0 Å². The molecule has 0 atom stereocenters. The number of halogens is 2. The predicted molar refractivity (Wildman–Crippen MR) is 276 cm³/mol. The van der Waals surface area contributed by atoms with Crippen molar-refractivity contribution in [3.05, 3.63) is 118 Å². The first-order valence-electron chi connectivity index (χ1n) is 21.1. The van der Waals surface area contributed by atoms with Crippen LogP contribution in [-0.4, -0.2) is 119 Å². The standard InChI is InChI=1S/C40H29Cl2N15O19S6.6Na/c41-35-48-37(44-18-1-7-22(8-2-18)77(59,60)61)52-39(50-35)46-20-5-11-24(26(15-20)79(65,66)67)54-56-32-28(81(71,72)73)13-17-14-29(82(74,75)76)33(34(58)30(17)31(32)43)57-55-25-12-6-21(16-27(25)80(68,69)70)47-40-51-36(42)49-38(53-40)45-19-3-9-23(10-4-19)78(62,63)64;;;;;;/h1-16,55H,43H2,(H,59,60,61)(H,62,63,64)(H,65,66,67)(H,68,69,70)(H,71,72,73)(H,74,75,76)(H2,44,46,48,50,52)(H2,45,47,49,51,53);;;;;;/q;6*+1/p-6. The van der Waals surface area contributed by atoms with Gasteiger partial charge in [-0.05, 0) is 126 Å². The number of nitrogens with one attached hydrogen (secondary N) is 5. The van der Waals surface area contributed by atoms with Crippen molar-refractivity contribution in [3.8, 4) is 0 Å². The average Bonchev–Trinajstić information content (AvgIpc) is 0.821. The minimum atomic E-state index is -5.84. The Labute approximate surface area is 640 Å². The maximum atomic E-state index is 14.2. The molecule has 2 aromatic heterocycles. The maximum Gasteiger partial charge on any atom is 1.00 e. The average molecular weight is 1420 g/mol. The molecule has 34 nitrogen and oxygen atoms in total. The summed E-state index contributed by atoms with van der Waals surface area (Å²) in [4.78, 5) is 31.2. The number of hydrogen-bond acceptors (Lipinski definition) is 34. The Hall–Kier alpha value is -2.36. The maximum absolute atomic E-state index is 14.2. The second-order valence-electron chi connectivity index (χ2n) is 15.9. The number of hydrazone groups is 1. The molecule has 5 aromatic carbocycles. The number of azo groups is 1. The number of nitrogens with zero attached hydrogens (tertiary/aromatic N) is 9. The fourth-order valence-electron chi connectivity index (χ4n) is 6.93. The van der Waals surface area contributed by atoms with E-state index in [9.17, 15) is 82.6 Å². The minimum Gasteiger partial charge on any atom is -0.744 e. The van der Waals surface area contributed by atoms with E-state index in [-0.39, 0.29) is 212 Å². The van der Waals surface area contributed by atoms with E-state index in [0.29, 0.717) is 24.3 Å². The van der Waals surface area contributed by atoms with Gasteiger partial charge in [-0.3, -0.25) is 10.2 Å². The van der Waals surface area contributed by atoms with Crippen LogP contribution in [0.15, 0.2) is 136 Å². The van der Waals surface area contributed by atoms with Gasteiger partial charge in [-0.1, -0.05) is 0 Å². The largest absolute Gasteiger partial charge is 1.00 e. The van der Waals surface area contributed by atoms with E-state index < -0.39 is 158 Å².